The number of aromatic nitrogens is 3. The highest BCUT2D eigenvalue weighted by Crippen LogP contribution is 2.33. The number of hydrogen-bond donors (Lipinski definition) is 2. The van der Waals surface area contributed by atoms with E-state index in [1.165, 1.54) is 6.20 Å². The minimum Gasteiger partial charge on any atom is -0.376 e. The van der Waals surface area contributed by atoms with Crippen molar-refractivity contribution in [1.82, 2.24) is 20.1 Å². The van der Waals surface area contributed by atoms with E-state index < -0.39 is 29.5 Å². The number of carbonyl (C=O) groups excluding carboxylic acids is 2. The average Bonchev–Trinajstić information content (AvgIpc) is 2.95. The van der Waals surface area contributed by atoms with Gasteiger partial charge in [-0.3, -0.25) is 14.8 Å². The van der Waals surface area contributed by atoms with Gasteiger partial charge in [0.05, 0.1) is 27.9 Å². The summed E-state index contributed by atoms with van der Waals surface area (Å²) < 4.78 is 53.5. The lowest BCUT2D eigenvalue weighted by atomic mass is 10.1. The van der Waals surface area contributed by atoms with Crippen molar-refractivity contribution in [2.45, 2.75) is 13.1 Å². The summed E-state index contributed by atoms with van der Waals surface area (Å²) in [5.74, 6) is -2.30. The van der Waals surface area contributed by atoms with Crippen molar-refractivity contribution in [1.29, 1.82) is 0 Å². The number of fused-ring (bicyclic) bond motifs is 1. The van der Waals surface area contributed by atoms with E-state index in [1.807, 2.05) is 5.32 Å². The van der Waals surface area contributed by atoms with Crippen molar-refractivity contribution in [3.05, 3.63) is 47.0 Å². The Bertz CT molecular complexity index is 1190. The third-order valence-corrected chi connectivity index (χ3v) is 4.45. The SMILES string of the molecule is Cc1nn(C)c2ncc(C(=O)NC(=O)Nc3ccc(F)c(C(F)(F)F)c3)c(N(C)C)c12. The Morgan fingerprint density at radius 1 is 1.19 bits per heavy atom. The predicted molar refractivity (Wildman–Crippen MR) is 105 cm³/mol. The standard InChI is InChI=1S/C19H18F4N6O2/c1-9-14-15(28(2)3)11(8-24-16(14)29(4)27-9)17(30)26-18(31)25-10-5-6-13(20)12(7-10)19(21,22)23/h5-8H,1-4H3,(H2,25,26,30,31). The van der Waals surface area contributed by atoms with E-state index in [9.17, 15) is 27.2 Å². The molecule has 12 heteroatoms. The molecule has 2 N–H and O–H groups in total. The minimum atomic E-state index is -4.93. The fraction of sp³-hybridized carbons (Fsp3) is 0.263. The second-order valence-electron chi connectivity index (χ2n) is 6.92. The van der Waals surface area contributed by atoms with Crippen LogP contribution in [0.5, 0.6) is 0 Å². The maximum absolute atomic E-state index is 13.4. The first-order valence-electron chi connectivity index (χ1n) is 8.89. The van der Waals surface area contributed by atoms with Gasteiger partial charge in [-0.15, -0.1) is 0 Å². The molecule has 2 aromatic heterocycles. The summed E-state index contributed by atoms with van der Waals surface area (Å²) >= 11 is 0. The van der Waals surface area contributed by atoms with Crippen LogP contribution in [0.1, 0.15) is 21.6 Å². The van der Waals surface area contributed by atoms with Crippen molar-refractivity contribution >= 4 is 34.3 Å². The minimum absolute atomic E-state index is 0.0684. The summed E-state index contributed by atoms with van der Waals surface area (Å²) in [6.07, 6.45) is -3.65. The number of benzene rings is 1. The van der Waals surface area contributed by atoms with Crippen LogP contribution in [0.25, 0.3) is 11.0 Å². The molecule has 0 bridgehead atoms. The molecule has 0 aliphatic carbocycles. The Labute approximate surface area is 173 Å². The van der Waals surface area contributed by atoms with Gasteiger partial charge < -0.3 is 10.2 Å². The Balaban J connectivity index is 1.87. The van der Waals surface area contributed by atoms with E-state index in [-0.39, 0.29) is 11.3 Å². The molecule has 0 radical (unpaired) electrons. The fourth-order valence-electron chi connectivity index (χ4n) is 3.18. The lowest BCUT2D eigenvalue weighted by Gasteiger charge is -2.18. The smallest absolute Gasteiger partial charge is 0.376 e. The molecule has 0 saturated carbocycles. The van der Waals surface area contributed by atoms with Crippen molar-refractivity contribution in [3.63, 3.8) is 0 Å². The zero-order valence-electron chi connectivity index (χ0n) is 16.9. The van der Waals surface area contributed by atoms with Gasteiger partial charge in [-0.05, 0) is 25.1 Å². The van der Waals surface area contributed by atoms with Crippen LogP contribution in [-0.2, 0) is 13.2 Å². The molecule has 0 spiro atoms. The van der Waals surface area contributed by atoms with Crippen molar-refractivity contribution in [3.8, 4) is 0 Å². The number of pyridine rings is 1. The van der Waals surface area contributed by atoms with Crippen LogP contribution in [0.3, 0.4) is 0 Å². The summed E-state index contributed by atoms with van der Waals surface area (Å²) in [6, 6.07) is 0.884. The topological polar surface area (TPSA) is 92.1 Å². The second kappa shape index (κ2) is 7.85. The van der Waals surface area contributed by atoms with Crippen LogP contribution in [0.4, 0.5) is 33.7 Å². The number of hydrogen-bond acceptors (Lipinski definition) is 5. The second-order valence-corrected chi connectivity index (χ2v) is 6.92. The number of halogens is 4. The van der Waals surface area contributed by atoms with Gasteiger partial charge in [0.2, 0.25) is 0 Å². The maximum Gasteiger partial charge on any atom is 0.419 e. The highest BCUT2D eigenvalue weighted by Gasteiger charge is 2.34. The van der Waals surface area contributed by atoms with E-state index >= 15 is 0 Å². The number of anilines is 2. The first-order valence-corrected chi connectivity index (χ1v) is 8.89. The molecule has 31 heavy (non-hydrogen) atoms. The maximum atomic E-state index is 13.4. The highest BCUT2D eigenvalue weighted by atomic mass is 19.4. The summed E-state index contributed by atoms with van der Waals surface area (Å²) in [5, 5.41) is 9.04. The van der Waals surface area contributed by atoms with Crippen LogP contribution < -0.4 is 15.5 Å². The molecule has 1 aromatic carbocycles. The lowest BCUT2D eigenvalue weighted by Crippen LogP contribution is -2.35. The first kappa shape index (κ1) is 22.0. The number of urea groups is 1. The van der Waals surface area contributed by atoms with E-state index in [0.29, 0.717) is 34.5 Å². The molecule has 3 amide bonds. The normalized spacial score (nSPS) is 11.5. The third-order valence-electron chi connectivity index (χ3n) is 4.45. The third kappa shape index (κ3) is 4.27. The Morgan fingerprint density at radius 3 is 2.48 bits per heavy atom. The molecular weight excluding hydrogens is 420 g/mol. The van der Waals surface area contributed by atoms with Gasteiger partial charge in [0.1, 0.15) is 5.82 Å². The van der Waals surface area contributed by atoms with Gasteiger partial charge in [-0.2, -0.15) is 18.3 Å². The first-order chi connectivity index (χ1) is 14.4. The van der Waals surface area contributed by atoms with Crippen LogP contribution >= 0.6 is 0 Å². The molecule has 164 valence electrons. The monoisotopic (exact) mass is 438 g/mol. The number of nitrogens with zero attached hydrogens (tertiary/aromatic N) is 4. The van der Waals surface area contributed by atoms with E-state index in [4.69, 9.17) is 0 Å². The molecule has 0 saturated heterocycles. The van der Waals surface area contributed by atoms with Crippen LogP contribution in [-0.4, -0.2) is 40.8 Å². The van der Waals surface area contributed by atoms with Crippen molar-refractivity contribution in [2.24, 2.45) is 7.05 Å². The Hall–Kier alpha value is -3.70. The molecule has 3 aromatic rings. The van der Waals surface area contributed by atoms with Crippen molar-refractivity contribution < 1.29 is 27.2 Å². The van der Waals surface area contributed by atoms with Gasteiger partial charge in [0.15, 0.2) is 5.65 Å². The number of carbonyl (C=O) groups is 2. The lowest BCUT2D eigenvalue weighted by molar-refractivity contribution is -0.139. The van der Waals surface area contributed by atoms with Gasteiger partial charge in [0, 0.05) is 33.0 Å². The van der Waals surface area contributed by atoms with E-state index in [0.717, 1.165) is 6.07 Å². The zero-order chi connectivity index (χ0) is 23.1. The molecule has 0 fully saturated rings. The summed E-state index contributed by atoms with van der Waals surface area (Å²) in [5.41, 5.74) is -0.162. The average molecular weight is 438 g/mol. The molecule has 2 heterocycles. The Kier molecular flexibility index (Phi) is 5.57. The van der Waals surface area contributed by atoms with Gasteiger partial charge >= 0.3 is 12.2 Å². The van der Waals surface area contributed by atoms with Crippen LogP contribution in [0.15, 0.2) is 24.4 Å². The van der Waals surface area contributed by atoms with Gasteiger partial charge in [0.25, 0.3) is 5.91 Å². The molecule has 8 nitrogen and oxygen atoms in total. The Morgan fingerprint density at radius 2 is 1.87 bits per heavy atom. The molecule has 0 aliphatic rings. The van der Waals surface area contributed by atoms with Crippen LogP contribution in [0.2, 0.25) is 0 Å². The zero-order valence-corrected chi connectivity index (χ0v) is 16.9. The molecule has 0 atom stereocenters. The molecule has 0 unspecified atom stereocenters. The van der Waals surface area contributed by atoms with Gasteiger partial charge in [-0.25, -0.2) is 14.2 Å². The molecule has 0 aliphatic heterocycles. The summed E-state index contributed by atoms with van der Waals surface area (Å²) in [7, 11) is 5.11. The van der Waals surface area contributed by atoms with E-state index in [2.05, 4.69) is 15.4 Å². The van der Waals surface area contributed by atoms with Crippen LogP contribution in [0, 0.1) is 12.7 Å². The quantitative estimate of drug-likeness (QED) is 0.611. The summed E-state index contributed by atoms with van der Waals surface area (Å²) in [6.45, 7) is 1.75. The highest BCUT2D eigenvalue weighted by molar-refractivity contribution is 6.13. The largest absolute Gasteiger partial charge is 0.419 e. The number of alkyl halides is 3. The van der Waals surface area contributed by atoms with E-state index in [1.54, 1.807) is 37.6 Å². The predicted octanol–water partition coefficient (Wildman–Crippen LogP) is 3.46. The molecular formula is C19H18F4N6O2. The number of nitrogens with one attached hydrogen (secondary N) is 2. The number of rotatable bonds is 3. The number of amides is 3. The van der Waals surface area contributed by atoms with Gasteiger partial charge in [-0.1, -0.05) is 0 Å². The number of aryl methyl sites for hydroxylation is 2. The summed E-state index contributed by atoms with van der Waals surface area (Å²) in [4.78, 5) is 30.8. The fourth-order valence-corrected chi connectivity index (χ4v) is 3.18. The molecule has 3 rings (SSSR count). The van der Waals surface area contributed by atoms with Crippen molar-refractivity contribution in [2.75, 3.05) is 24.3 Å². The number of imide groups is 1.